The van der Waals surface area contributed by atoms with Gasteiger partial charge in [0.15, 0.2) is 5.76 Å². The molecule has 0 spiro atoms. The lowest BCUT2D eigenvalue weighted by Gasteiger charge is -2.29. The van der Waals surface area contributed by atoms with E-state index < -0.39 is 5.60 Å². The van der Waals surface area contributed by atoms with Gasteiger partial charge in [-0.1, -0.05) is 66.7 Å². The molecule has 162 valence electrons. The smallest absolute Gasteiger partial charge is 0.410 e. The monoisotopic (exact) mass is 418 g/mol. The molecule has 0 unspecified atom stereocenters. The van der Waals surface area contributed by atoms with Gasteiger partial charge in [0, 0.05) is 24.2 Å². The van der Waals surface area contributed by atoms with Gasteiger partial charge in [-0.05, 0) is 39.5 Å². The summed E-state index contributed by atoms with van der Waals surface area (Å²) in [6, 6.07) is 19.8. The van der Waals surface area contributed by atoms with Crippen LogP contribution >= 0.6 is 0 Å². The fourth-order valence-corrected chi connectivity index (χ4v) is 3.27. The van der Waals surface area contributed by atoms with Gasteiger partial charge in [0.1, 0.15) is 17.9 Å². The molecule has 0 bridgehead atoms. The van der Waals surface area contributed by atoms with E-state index in [1.807, 2.05) is 87.5 Å². The molecule has 0 N–H and O–H groups in total. The molecule has 5 heteroatoms. The van der Waals surface area contributed by atoms with Gasteiger partial charge in [0.25, 0.3) is 0 Å². The number of rotatable bonds is 6. The number of benzene rings is 2. The number of amides is 1. The van der Waals surface area contributed by atoms with E-state index in [9.17, 15) is 4.79 Å². The zero-order valence-corrected chi connectivity index (χ0v) is 18.5. The number of nitrogens with zero attached hydrogens (tertiary/aromatic N) is 2. The maximum absolute atomic E-state index is 12.3. The molecule has 2 aromatic rings. The van der Waals surface area contributed by atoms with Crippen LogP contribution in [0.1, 0.15) is 38.3 Å². The number of carbonyl (C=O) groups excluding carboxylic acids is 1. The SMILES string of the molecule is C=N/C(=C(\OCC1=CCN(C(=O)OC(C)(C)C)CC1)c1ccccc1)c1ccccc1. The van der Waals surface area contributed by atoms with Crippen LogP contribution in [0.15, 0.2) is 77.3 Å². The number of aliphatic imine (C=N–C) groups is 1. The standard InChI is InChI=1S/C26H30N2O3/c1-26(2,3)31-25(29)28-17-15-20(16-18-28)19-30-24(22-13-9-6-10-14-22)23(27-4)21-11-7-5-8-12-21/h5-15H,4,16-19H2,1-3H3/b24-23-. The summed E-state index contributed by atoms with van der Waals surface area (Å²) < 4.78 is 11.8. The van der Waals surface area contributed by atoms with Gasteiger partial charge in [-0.15, -0.1) is 0 Å². The van der Waals surface area contributed by atoms with E-state index in [-0.39, 0.29) is 6.09 Å². The first-order valence-corrected chi connectivity index (χ1v) is 10.5. The lowest BCUT2D eigenvalue weighted by Crippen LogP contribution is -2.39. The topological polar surface area (TPSA) is 51.1 Å². The van der Waals surface area contributed by atoms with Crippen molar-refractivity contribution < 1.29 is 14.3 Å². The number of carbonyl (C=O) groups is 1. The van der Waals surface area contributed by atoms with E-state index in [2.05, 4.69) is 11.7 Å². The molecule has 5 nitrogen and oxygen atoms in total. The van der Waals surface area contributed by atoms with Crippen LogP contribution in [0.3, 0.4) is 0 Å². The van der Waals surface area contributed by atoms with Crippen molar-refractivity contribution in [3.05, 3.63) is 83.4 Å². The molecule has 0 fully saturated rings. The Morgan fingerprint density at radius 2 is 1.65 bits per heavy atom. The molecule has 0 saturated carbocycles. The zero-order valence-electron chi connectivity index (χ0n) is 18.5. The van der Waals surface area contributed by atoms with E-state index in [1.54, 1.807) is 4.90 Å². The number of hydrogen-bond acceptors (Lipinski definition) is 4. The third kappa shape index (κ3) is 6.32. The predicted octanol–water partition coefficient (Wildman–Crippen LogP) is 5.80. The predicted molar refractivity (Wildman–Crippen MR) is 126 cm³/mol. The first-order valence-electron chi connectivity index (χ1n) is 10.5. The Morgan fingerprint density at radius 1 is 1.03 bits per heavy atom. The van der Waals surface area contributed by atoms with Crippen molar-refractivity contribution in [3.63, 3.8) is 0 Å². The van der Waals surface area contributed by atoms with Gasteiger partial charge >= 0.3 is 6.09 Å². The Kier molecular flexibility index (Phi) is 7.29. The second-order valence-electron chi connectivity index (χ2n) is 8.40. The Labute approximate surface area is 184 Å². The minimum Gasteiger partial charge on any atom is -0.486 e. The van der Waals surface area contributed by atoms with E-state index >= 15 is 0 Å². The van der Waals surface area contributed by atoms with Crippen LogP contribution in [-0.2, 0) is 9.47 Å². The average molecular weight is 419 g/mol. The van der Waals surface area contributed by atoms with Crippen molar-refractivity contribution >= 4 is 24.3 Å². The fourth-order valence-electron chi connectivity index (χ4n) is 3.27. The molecular weight excluding hydrogens is 388 g/mol. The zero-order chi connectivity index (χ0) is 22.3. The summed E-state index contributed by atoms with van der Waals surface area (Å²) in [7, 11) is 0. The average Bonchev–Trinajstić information content (AvgIpc) is 2.77. The molecule has 0 aromatic heterocycles. The summed E-state index contributed by atoms with van der Waals surface area (Å²) in [4.78, 5) is 18.3. The second kappa shape index (κ2) is 10.1. The van der Waals surface area contributed by atoms with E-state index in [0.29, 0.717) is 31.2 Å². The third-order valence-corrected chi connectivity index (χ3v) is 4.81. The van der Waals surface area contributed by atoms with Crippen LogP contribution < -0.4 is 0 Å². The van der Waals surface area contributed by atoms with Crippen molar-refractivity contribution in [2.24, 2.45) is 4.99 Å². The molecule has 3 rings (SSSR count). The maximum atomic E-state index is 12.3. The van der Waals surface area contributed by atoms with Crippen LogP contribution in [0, 0.1) is 0 Å². The largest absolute Gasteiger partial charge is 0.486 e. The highest BCUT2D eigenvalue weighted by atomic mass is 16.6. The van der Waals surface area contributed by atoms with E-state index in [0.717, 1.165) is 23.1 Å². The first-order chi connectivity index (χ1) is 14.9. The van der Waals surface area contributed by atoms with Gasteiger partial charge in [-0.3, -0.25) is 4.99 Å². The van der Waals surface area contributed by atoms with E-state index in [4.69, 9.17) is 9.47 Å². The molecule has 1 aliphatic rings. The Morgan fingerprint density at radius 3 is 2.16 bits per heavy atom. The minimum atomic E-state index is -0.495. The summed E-state index contributed by atoms with van der Waals surface area (Å²) in [5.41, 5.74) is 3.25. The van der Waals surface area contributed by atoms with Gasteiger partial charge in [-0.25, -0.2) is 4.79 Å². The highest BCUT2D eigenvalue weighted by Gasteiger charge is 2.24. The molecule has 1 amide bonds. The molecule has 0 aliphatic carbocycles. The third-order valence-electron chi connectivity index (χ3n) is 4.81. The van der Waals surface area contributed by atoms with Crippen LogP contribution in [0.2, 0.25) is 0 Å². The minimum absolute atomic E-state index is 0.282. The molecular formula is C26H30N2O3. The fraction of sp³-hybridized carbons (Fsp3) is 0.308. The molecule has 1 aliphatic heterocycles. The summed E-state index contributed by atoms with van der Waals surface area (Å²) in [6.07, 6.45) is 2.50. The molecule has 31 heavy (non-hydrogen) atoms. The van der Waals surface area contributed by atoms with Gasteiger partial charge in [-0.2, -0.15) is 0 Å². The van der Waals surface area contributed by atoms with Crippen molar-refractivity contribution in [2.75, 3.05) is 19.7 Å². The normalized spacial score (nSPS) is 14.9. The second-order valence-corrected chi connectivity index (χ2v) is 8.40. The maximum Gasteiger partial charge on any atom is 0.410 e. The molecule has 1 heterocycles. The lowest BCUT2D eigenvalue weighted by molar-refractivity contribution is 0.0263. The Bertz CT molecular complexity index is 957. The molecule has 0 atom stereocenters. The van der Waals surface area contributed by atoms with Crippen LogP contribution in [0.25, 0.3) is 11.5 Å². The summed E-state index contributed by atoms with van der Waals surface area (Å²) in [5, 5.41) is 0. The summed E-state index contributed by atoms with van der Waals surface area (Å²) in [6.45, 7) is 11.0. The van der Waals surface area contributed by atoms with Gasteiger partial charge in [0.2, 0.25) is 0 Å². The van der Waals surface area contributed by atoms with Gasteiger partial charge < -0.3 is 14.4 Å². The lowest BCUT2D eigenvalue weighted by atomic mass is 10.1. The summed E-state index contributed by atoms with van der Waals surface area (Å²) in [5.74, 6) is 0.692. The van der Waals surface area contributed by atoms with Crippen LogP contribution in [-0.4, -0.2) is 43.0 Å². The Hall–Kier alpha value is -3.34. The molecule has 0 radical (unpaired) electrons. The molecule has 2 aromatic carbocycles. The van der Waals surface area contributed by atoms with E-state index in [1.165, 1.54) is 0 Å². The first kappa shape index (κ1) is 22.3. The van der Waals surface area contributed by atoms with Crippen LogP contribution in [0.4, 0.5) is 4.79 Å². The van der Waals surface area contributed by atoms with Crippen LogP contribution in [0.5, 0.6) is 0 Å². The van der Waals surface area contributed by atoms with Crippen molar-refractivity contribution in [2.45, 2.75) is 32.8 Å². The van der Waals surface area contributed by atoms with Gasteiger partial charge in [0.05, 0.1) is 0 Å². The number of ether oxygens (including phenoxy) is 2. The van der Waals surface area contributed by atoms with Crippen molar-refractivity contribution in [1.82, 2.24) is 4.90 Å². The van der Waals surface area contributed by atoms with Crippen molar-refractivity contribution in [1.29, 1.82) is 0 Å². The quantitative estimate of drug-likeness (QED) is 0.258. The highest BCUT2D eigenvalue weighted by Crippen LogP contribution is 2.29. The Balaban J connectivity index is 1.76. The van der Waals surface area contributed by atoms with Crippen molar-refractivity contribution in [3.8, 4) is 0 Å². The number of hydrogen-bond donors (Lipinski definition) is 0. The highest BCUT2D eigenvalue weighted by molar-refractivity contribution is 5.88. The summed E-state index contributed by atoms with van der Waals surface area (Å²) >= 11 is 0. The molecule has 0 saturated heterocycles.